The number of furan rings is 1. The average Bonchev–Trinajstić information content (AvgIpc) is 2.78. The van der Waals surface area contributed by atoms with Crippen LogP contribution in [0.5, 0.6) is 0 Å². The summed E-state index contributed by atoms with van der Waals surface area (Å²) in [7, 11) is 0. The van der Waals surface area contributed by atoms with Gasteiger partial charge in [-0.25, -0.2) is 4.79 Å². The number of aromatic carboxylic acids is 1. The van der Waals surface area contributed by atoms with Crippen LogP contribution in [0.2, 0.25) is 0 Å². The van der Waals surface area contributed by atoms with Gasteiger partial charge in [0.1, 0.15) is 12.0 Å². The molecule has 0 aliphatic rings. The summed E-state index contributed by atoms with van der Waals surface area (Å²) in [6.07, 6.45) is 2.25. The molecule has 1 heterocycles. The number of rotatable bonds is 8. The zero-order valence-corrected chi connectivity index (χ0v) is 10.3. The molecule has 0 bridgehead atoms. The summed E-state index contributed by atoms with van der Waals surface area (Å²) in [6, 6.07) is 1.47. The van der Waals surface area contributed by atoms with E-state index in [0.29, 0.717) is 38.3 Å². The summed E-state index contributed by atoms with van der Waals surface area (Å²) in [5.41, 5.74) is 0.137. The van der Waals surface area contributed by atoms with Gasteiger partial charge in [-0.2, -0.15) is 0 Å². The van der Waals surface area contributed by atoms with Gasteiger partial charge in [-0.15, -0.1) is 0 Å². The van der Waals surface area contributed by atoms with Crippen molar-refractivity contribution in [3.8, 4) is 0 Å². The van der Waals surface area contributed by atoms with Gasteiger partial charge in [0.2, 0.25) is 0 Å². The molecule has 0 aliphatic heterocycles. The molecule has 0 spiro atoms. The highest BCUT2D eigenvalue weighted by Crippen LogP contribution is 2.07. The zero-order valence-electron chi connectivity index (χ0n) is 10.3. The molecule has 0 aromatic carbocycles. The molecule has 0 fully saturated rings. The summed E-state index contributed by atoms with van der Waals surface area (Å²) in [4.78, 5) is 21.6. The number of carbonyl (C=O) groups excluding carboxylic acids is 1. The second-order valence-corrected chi connectivity index (χ2v) is 3.69. The Balaban J connectivity index is 2.14. The topological polar surface area (TPSA) is 88.8 Å². The highest BCUT2D eigenvalue weighted by molar-refractivity contribution is 5.87. The Morgan fingerprint density at radius 2 is 2.28 bits per heavy atom. The third kappa shape index (κ3) is 5.01. The molecule has 0 atom stereocenters. The summed E-state index contributed by atoms with van der Waals surface area (Å²) in [6.45, 7) is 3.25. The van der Waals surface area contributed by atoms with Crippen LogP contribution in [-0.4, -0.2) is 30.2 Å². The lowest BCUT2D eigenvalue weighted by Gasteiger charge is -2.02. The lowest BCUT2D eigenvalue weighted by atomic mass is 10.3. The van der Waals surface area contributed by atoms with E-state index in [1.165, 1.54) is 12.3 Å². The average molecular weight is 255 g/mol. The predicted octanol–water partition coefficient (Wildman–Crippen LogP) is 1.41. The summed E-state index contributed by atoms with van der Waals surface area (Å²) < 4.78 is 9.84. The molecule has 1 aromatic heterocycles. The summed E-state index contributed by atoms with van der Waals surface area (Å²) >= 11 is 0. The number of carboxylic acids is 1. The third-order valence-corrected chi connectivity index (χ3v) is 2.24. The van der Waals surface area contributed by atoms with Gasteiger partial charge in [0.25, 0.3) is 0 Å². The van der Waals surface area contributed by atoms with E-state index in [-0.39, 0.29) is 11.5 Å². The summed E-state index contributed by atoms with van der Waals surface area (Å²) in [5.74, 6) is -0.652. The van der Waals surface area contributed by atoms with Crippen LogP contribution < -0.4 is 5.32 Å². The maximum absolute atomic E-state index is 11.0. The SMILES string of the molecule is CCOC(=O)CCCNCc1cc(C(=O)O)co1. The maximum atomic E-state index is 11.0. The lowest BCUT2D eigenvalue weighted by Crippen LogP contribution is -2.16. The van der Waals surface area contributed by atoms with Gasteiger partial charge in [0.15, 0.2) is 0 Å². The number of hydrogen-bond donors (Lipinski definition) is 2. The quantitative estimate of drug-likeness (QED) is 0.539. The molecule has 0 amide bonds. The van der Waals surface area contributed by atoms with Gasteiger partial charge in [0, 0.05) is 6.42 Å². The number of carboxylic acid groups (broad SMARTS) is 1. The molecule has 1 aromatic rings. The largest absolute Gasteiger partial charge is 0.478 e. The molecule has 100 valence electrons. The Bertz CT molecular complexity index is 399. The first-order valence-corrected chi connectivity index (χ1v) is 5.80. The second-order valence-electron chi connectivity index (χ2n) is 3.69. The first-order chi connectivity index (χ1) is 8.63. The van der Waals surface area contributed by atoms with Gasteiger partial charge >= 0.3 is 11.9 Å². The Morgan fingerprint density at radius 3 is 2.89 bits per heavy atom. The molecule has 0 unspecified atom stereocenters. The van der Waals surface area contributed by atoms with E-state index in [4.69, 9.17) is 14.3 Å². The smallest absolute Gasteiger partial charge is 0.338 e. The van der Waals surface area contributed by atoms with Crippen molar-refractivity contribution in [2.24, 2.45) is 0 Å². The third-order valence-electron chi connectivity index (χ3n) is 2.24. The first kappa shape index (κ1) is 14.2. The molecule has 0 saturated heterocycles. The van der Waals surface area contributed by atoms with Crippen LogP contribution in [0.3, 0.4) is 0 Å². The molecular formula is C12H17NO5. The molecule has 18 heavy (non-hydrogen) atoms. The number of esters is 1. The van der Waals surface area contributed by atoms with E-state index in [1.807, 2.05) is 0 Å². The molecule has 1 rings (SSSR count). The van der Waals surface area contributed by atoms with E-state index in [9.17, 15) is 9.59 Å². The highest BCUT2D eigenvalue weighted by Gasteiger charge is 2.07. The van der Waals surface area contributed by atoms with Gasteiger partial charge in [0.05, 0.1) is 18.7 Å². The number of nitrogens with one attached hydrogen (secondary N) is 1. The van der Waals surface area contributed by atoms with Crippen LogP contribution in [0, 0.1) is 0 Å². The van der Waals surface area contributed by atoms with Crippen LogP contribution in [0.4, 0.5) is 0 Å². The predicted molar refractivity (Wildman–Crippen MR) is 63.2 cm³/mol. The fourth-order valence-corrected chi connectivity index (χ4v) is 1.39. The first-order valence-electron chi connectivity index (χ1n) is 5.80. The van der Waals surface area contributed by atoms with Crippen LogP contribution in [0.15, 0.2) is 16.7 Å². The van der Waals surface area contributed by atoms with E-state index in [1.54, 1.807) is 6.92 Å². The van der Waals surface area contributed by atoms with Crippen molar-refractivity contribution >= 4 is 11.9 Å². The van der Waals surface area contributed by atoms with Crippen LogP contribution in [0.1, 0.15) is 35.9 Å². The fourth-order valence-electron chi connectivity index (χ4n) is 1.39. The molecule has 0 saturated carbocycles. The number of carbonyl (C=O) groups is 2. The maximum Gasteiger partial charge on any atom is 0.338 e. The molecule has 6 heteroatoms. The normalized spacial score (nSPS) is 10.3. The van der Waals surface area contributed by atoms with Gasteiger partial charge < -0.3 is 19.6 Å². The Kier molecular flexibility index (Phi) is 5.93. The molecule has 6 nitrogen and oxygen atoms in total. The van der Waals surface area contributed by atoms with E-state index >= 15 is 0 Å². The molecule has 0 aliphatic carbocycles. The van der Waals surface area contributed by atoms with Gasteiger partial charge in [-0.1, -0.05) is 0 Å². The second kappa shape index (κ2) is 7.50. The monoisotopic (exact) mass is 255 g/mol. The minimum Gasteiger partial charge on any atom is -0.478 e. The minimum atomic E-state index is -1.01. The van der Waals surface area contributed by atoms with E-state index < -0.39 is 5.97 Å². The van der Waals surface area contributed by atoms with Crippen LogP contribution in [-0.2, 0) is 16.1 Å². The van der Waals surface area contributed by atoms with Crippen LogP contribution >= 0.6 is 0 Å². The lowest BCUT2D eigenvalue weighted by molar-refractivity contribution is -0.143. The van der Waals surface area contributed by atoms with Crippen molar-refractivity contribution in [1.82, 2.24) is 5.32 Å². The van der Waals surface area contributed by atoms with Crippen molar-refractivity contribution in [1.29, 1.82) is 0 Å². The van der Waals surface area contributed by atoms with Gasteiger partial charge in [-0.05, 0) is 26.0 Å². The number of ether oxygens (including phenoxy) is 1. The standard InChI is InChI=1S/C12H17NO5/c1-2-17-11(14)4-3-5-13-7-10-6-9(8-18-10)12(15)16/h6,8,13H,2-5,7H2,1H3,(H,15,16). The molecular weight excluding hydrogens is 238 g/mol. The van der Waals surface area contributed by atoms with Crippen molar-refractivity contribution in [3.05, 3.63) is 23.7 Å². The van der Waals surface area contributed by atoms with Gasteiger partial charge in [-0.3, -0.25) is 4.79 Å². The zero-order chi connectivity index (χ0) is 13.4. The Morgan fingerprint density at radius 1 is 1.50 bits per heavy atom. The number of hydrogen-bond acceptors (Lipinski definition) is 5. The Hall–Kier alpha value is -1.82. The van der Waals surface area contributed by atoms with E-state index in [2.05, 4.69) is 5.32 Å². The highest BCUT2D eigenvalue weighted by atomic mass is 16.5. The Labute approximate surface area is 105 Å². The summed E-state index contributed by atoms with van der Waals surface area (Å²) in [5, 5.41) is 11.7. The minimum absolute atomic E-state index is 0.137. The van der Waals surface area contributed by atoms with Crippen molar-refractivity contribution in [2.75, 3.05) is 13.2 Å². The molecule has 0 radical (unpaired) electrons. The van der Waals surface area contributed by atoms with Crippen molar-refractivity contribution in [3.63, 3.8) is 0 Å². The van der Waals surface area contributed by atoms with Crippen molar-refractivity contribution < 1.29 is 23.8 Å². The fraction of sp³-hybridized carbons (Fsp3) is 0.500. The van der Waals surface area contributed by atoms with Crippen LogP contribution in [0.25, 0.3) is 0 Å². The van der Waals surface area contributed by atoms with E-state index in [0.717, 1.165) is 0 Å². The molecule has 2 N–H and O–H groups in total. The van der Waals surface area contributed by atoms with Crippen molar-refractivity contribution in [2.45, 2.75) is 26.3 Å².